The van der Waals surface area contributed by atoms with Crippen molar-refractivity contribution < 1.29 is 22.8 Å². The molecule has 3 rings (SSSR count). The molecule has 0 atom stereocenters. The number of anilines is 2. The molecule has 2 N–H and O–H groups in total. The van der Waals surface area contributed by atoms with Crippen molar-refractivity contribution in [1.29, 1.82) is 0 Å². The highest BCUT2D eigenvalue weighted by molar-refractivity contribution is 6.06. The van der Waals surface area contributed by atoms with Gasteiger partial charge in [-0.15, -0.1) is 0 Å². The second-order valence-electron chi connectivity index (χ2n) is 6.40. The largest absolute Gasteiger partial charge is 0.416 e. The minimum absolute atomic E-state index is 0.0824. The van der Waals surface area contributed by atoms with Gasteiger partial charge in [-0.1, -0.05) is 6.07 Å². The van der Waals surface area contributed by atoms with E-state index >= 15 is 0 Å². The molecule has 0 radical (unpaired) electrons. The van der Waals surface area contributed by atoms with Crippen LogP contribution in [0.4, 0.5) is 24.5 Å². The quantitative estimate of drug-likeness (QED) is 0.685. The van der Waals surface area contributed by atoms with E-state index in [2.05, 4.69) is 15.6 Å². The highest BCUT2D eigenvalue weighted by Crippen LogP contribution is 2.29. The zero-order valence-electron chi connectivity index (χ0n) is 15.5. The van der Waals surface area contributed by atoms with Crippen LogP contribution in [0.25, 0.3) is 0 Å². The molecular formula is C20H17F3N4O2. The van der Waals surface area contributed by atoms with Crippen LogP contribution in [0.3, 0.4) is 0 Å². The van der Waals surface area contributed by atoms with Crippen molar-refractivity contribution in [1.82, 2.24) is 9.55 Å². The summed E-state index contributed by atoms with van der Waals surface area (Å²) in [5.41, 5.74) is 1.27. The standard InChI is InChI=1S/C20H17F3N4O2/c1-12-3-8-15(9-16(12)26-19(29)17-10-24-11-27(17)2)25-18(28)13-4-6-14(7-5-13)20(21,22)23/h3-11H,1-2H3,(H,25,28)(H,26,29). The predicted molar refractivity (Wildman–Crippen MR) is 102 cm³/mol. The molecule has 0 bridgehead atoms. The van der Waals surface area contributed by atoms with Gasteiger partial charge < -0.3 is 15.2 Å². The molecule has 0 aliphatic carbocycles. The van der Waals surface area contributed by atoms with Crippen LogP contribution in [0.15, 0.2) is 55.0 Å². The highest BCUT2D eigenvalue weighted by Gasteiger charge is 2.30. The van der Waals surface area contributed by atoms with E-state index in [0.717, 1.165) is 29.8 Å². The molecule has 1 heterocycles. The third-order valence-corrected chi connectivity index (χ3v) is 4.27. The summed E-state index contributed by atoms with van der Waals surface area (Å²) in [5.74, 6) is -0.925. The van der Waals surface area contributed by atoms with Crippen molar-refractivity contribution in [3.63, 3.8) is 0 Å². The Hall–Kier alpha value is -3.62. The van der Waals surface area contributed by atoms with Crippen molar-refractivity contribution in [2.75, 3.05) is 10.6 Å². The Morgan fingerprint density at radius 2 is 1.69 bits per heavy atom. The lowest BCUT2D eigenvalue weighted by molar-refractivity contribution is -0.137. The first-order valence-corrected chi connectivity index (χ1v) is 8.52. The molecular weight excluding hydrogens is 385 g/mol. The Kier molecular flexibility index (Phi) is 5.40. The minimum atomic E-state index is -4.47. The van der Waals surface area contributed by atoms with E-state index in [4.69, 9.17) is 0 Å². The number of aryl methyl sites for hydroxylation is 2. The number of amides is 2. The van der Waals surface area contributed by atoms with Gasteiger partial charge in [0.2, 0.25) is 0 Å². The van der Waals surface area contributed by atoms with Gasteiger partial charge in [0.1, 0.15) is 5.69 Å². The summed E-state index contributed by atoms with van der Waals surface area (Å²) in [5, 5.41) is 5.37. The van der Waals surface area contributed by atoms with Gasteiger partial charge in [0.25, 0.3) is 11.8 Å². The van der Waals surface area contributed by atoms with Gasteiger partial charge >= 0.3 is 6.18 Å². The van der Waals surface area contributed by atoms with Crippen molar-refractivity contribution >= 4 is 23.2 Å². The number of hydrogen-bond donors (Lipinski definition) is 2. The third kappa shape index (κ3) is 4.63. The number of benzene rings is 2. The second-order valence-corrected chi connectivity index (χ2v) is 6.40. The lowest BCUT2D eigenvalue weighted by atomic mass is 10.1. The molecule has 1 aromatic heterocycles. The zero-order chi connectivity index (χ0) is 21.2. The van der Waals surface area contributed by atoms with E-state index in [1.54, 1.807) is 36.7 Å². The average Bonchev–Trinajstić information content (AvgIpc) is 3.10. The second kappa shape index (κ2) is 7.78. The number of nitrogens with zero attached hydrogens (tertiary/aromatic N) is 2. The molecule has 150 valence electrons. The number of hydrogen-bond acceptors (Lipinski definition) is 3. The Bertz CT molecular complexity index is 1060. The van der Waals surface area contributed by atoms with Crippen molar-refractivity contribution in [2.45, 2.75) is 13.1 Å². The molecule has 2 aromatic carbocycles. The van der Waals surface area contributed by atoms with Crippen LogP contribution in [0.5, 0.6) is 0 Å². The van der Waals surface area contributed by atoms with Gasteiger partial charge in [-0.3, -0.25) is 9.59 Å². The lowest BCUT2D eigenvalue weighted by Crippen LogP contribution is -2.17. The molecule has 6 nitrogen and oxygen atoms in total. The summed E-state index contributed by atoms with van der Waals surface area (Å²) in [6.45, 7) is 1.79. The van der Waals surface area contributed by atoms with E-state index < -0.39 is 17.6 Å². The summed E-state index contributed by atoms with van der Waals surface area (Å²) in [7, 11) is 1.69. The number of imidazole rings is 1. The van der Waals surface area contributed by atoms with Crippen LogP contribution < -0.4 is 10.6 Å². The molecule has 29 heavy (non-hydrogen) atoms. The zero-order valence-corrected chi connectivity index (χ0v) is 15.5. The van der Waals surface area contributed by atoms with Gasteiger partial charge in [-0.25, -0.2) is 4.98 Å². The number of carbonyl (C=O) groups excluding carboxylic acids is 2. The molecule has 9 heteroatoms. The number of aromatic nitrogens is 2. The molecule has 0 saturated carbocycles. The molecule has 3 aromatic rings. The smallest absolute Gasteiger partial charge is 0.330 e. The maximum absolute atomic E-state index is 12.6. The Balaban J connectivity index is 1.75. The summed E-state index contributed by atoms with van der Waals surface area (Å²) in [6.07, 6.45) is -1.53. The Labute approximate surface area is 164 Å². The lowest BCUT2D eigenvalue weighted by Gasteiger charge is -2.12. The Morgan fingerprint density at radius 1 is 1.00 bits per heavy atom. The van der Waals surface area contributed by atoms with Gasteiger partial charge in [0.05, 0.1) is 18.1 Å². The van der Waals surface area contributed by atoms with Gasteiger partial charge in [0, 0.05) is 24.0 Å². The van der Waals surface area contributed by atoms with Gasteiger partial charge in [0.15, 0.2) is 0 Å². The molecule has 0 unspecified atom stereocenters. The van der Waals surface area contributed by atoms with Crippen LogP contribution >= 0.6 is 0 Å². The van der Waals surface area contributed by atoms with Crippen LogP contribution in [-0.4, -0.2) is 21.4 Å². The maximum Gasteiger partial charge on any atom is 0.416 e. The first-order chi connectivity index (χ1) is 13.6. The summed E-state index contributed by atoms with van der Waals surface area (Å²) < 4.78 is 39.5. The van der Waals surface area contributed by atoms with Crippen molar-refractivity contribution in [3.8, 4) is 0 Å². The molecule has 0 aliphatic heterocycles. The molecule has 0 fully saturated rings. The Morgan fingerprint density at radius 3 is 2.28 bits per heavy atom. The van der Waals surface area contributed by atoms with E-state index in [9.17, 15) is 22.8 Å². The van der Waals surface area contributed by atoms with Crippen molar-refractivity contribution in [2.24, 2.45) is 7.05 Å². The number of halogens is 3. The van der Waals surface area contributed by atoms with E-state index in [0.29, 0.717) is 17.1 Å². The fourth-order valence-electron chi connectivity index (χ4n) is 2.61. The van der Waals surface area contributed by atoms with Gasteiger partial charge in [-0.05, 0) is 48.9 Å². The summed E-state index contributed by atoms with van der Waals surface area (Å²) in [4.78, 5) is 28.6. The monoisotopic (exact) mass is 402 g/mol. The first-order valence-electron chi connectivity index (χ1n) is 8.52. The molecule has 2 amide bonds. The van der Waals surface area contributed by atoms with Crippen LogP contribution in [0.2, 0.25) is 0 Å². The number of rotatable bonds is 4. The first kappa shape index (κ1) is 20.1. The molecule has 0 spiro atoms. The van der Waals surface area contributed by atoms with Crippen LogP contribution in [0, 0.1) is 6.92 Å². The number of alkyl halides is 3. The topological polar surface area (TPSA) is 76.0 Å². The van der Waals surface area contributed by atoms with Gasteiger partial charge in [-0.2, -0.15) is 13.2 Å². The summed E-state index contributed by atoms with van der Waals surface area (Å²) >= 11 is 0. The fourth-order valence-corrected chi connectivity index (χ4v) is 2.61. The van der Waals surface area contributed by atoms with E-state index in [1.165, 1.54) is 12.5 Å². The van der Waals surface area contributed by atoms with E-state index in [1.807, 2.05) is 0 Å². The molecule has 0 saturated heterocycles. The van der Waals surface area contributed by atoms with Crippen LogP contribution in [-0.2, 0) is 13.2 Å². The maximum atomic E-state index is 12.6. The number of carbonyl (C=O) groups is 2. The van der Waals surface area contributed by atoms with Crippen molar-refractivity contribution in [3.05, 3.63) is 77.4 Å². The highest BCUT2D eigenvalue weighted by atomic mass is 19.4. The fraction of sp³-hybridized carbons (Fsp3) is 0.150. The number of nitrogens with one attached hydrogen (secondary N) is 2. The van der Waals surface area contributed by atoms with Crippen LogP contribution in [0.1, 0.15) is 32.0 Å². The minimum Gasteiger partial charge on any atom is -0.330 e. The summed E-state index contributed by atoms with van der Waals surface area (Å²) in [6, 6.07) is 8.84. The average molecular weight is 402 g/mol. The molecule has 0 aliphatic rings. The third-order valence-electron chi connectivity index (χ3n) is 4.27. The normalized spacial score (nSPS) is 11.2. The predicted octanol–water partition coefficient (Wildman–Crippen LogP) is 4.25. The van der Waals surface area contributed by atoms with E-state index in [-0.39, 0.29) is 11.5 Å². The SMILES string of the molecule is Cc1ccc(NC(=O)c2ccc(C(F)(F)F)cc2)cc1NC(=O)c1cncn1C.